The molecule has 0 aromatic heterocycles. The van der Waals surface area contributed by atoms with Crippen LogP contribution >= 0.6 is 11.6 Å². The average Bonchev–Trinajstić information content (AvgIpc) is 2.79. The highest BCUT2D eigenvalue weighted by Gasteiger charge is 2.28. The maximum Gasteiger partial charge on any atom is 0.242 e. The molecule has 2 amide bonds. The summed E-state index contributed by atoms with van der Waals surface area (Å²) in [6.45, 7) is 4.75. The Morgan fingerprint density at radius 3 is 2.32 bits per heavy atom. The minimum atomic E-state index is -3.56. The Labute approximate surface area is 208 Å². The number of halogens is 1. The third-order valence-corrected chi connectivity index (χ3v) is 6.90. The van der Waals surface area contributed by atoms with Crippen molar-refractivity contribution >= 4 is 39.1 Å². The minimum absolute atomic E-state index is 0.122. The van der Waals surface area contributed by atoms with Crippen molar-refractivity contribution in [1.29, 1.82) is 0 Å². The fourth-order valence-electron chi connectivity index (χ4n) is 3.82. The van der Waals surface area contributed by atoms with Crippen LogP contribution in [0.25, 0.3) is 0 Å². The maximum absolute atomic E-state index is 13.3. The van der Waals surface area contributed by atoms with Gasteiger partial charge in [0.2, 0.25) is 21.8 Å². The SMILES string of the molecule is CCNC(=O)[C@H](CC)N(CCc1ccccc1)C(=O)CCCN(c1cccc(Cl)c1)S(C)(=O)=O. The van der Waals surface area contributed by atoms with Gasteiger partial charge in [-0.05, 0) is 49.9 Å². The molecule has 0 saturated carbocycles. The van der Waals surface area contributed by atoms with Crippen molar-refractivity contribution in [2.24, 2.45) is 0 Å². The molecule has 0 fully saturated rings. The summed E-state index contributed by atoms with van der Waals surface area (Å²) >= 11 is 6.04. The van der Waals surface area contributed by atoms with Gasteiger partial charge in [0.25, 0.3) is 0 Å². The summed E-state index contributed by atoms with van der Waals surface area (Å²) in [6.07, 6.45) is 2.68. The second kappa shape index (κ2) is 13.3. The Bertz CT molecular complexity index is 1050. The van der Waals surface area contributed by atoms with Gasteiger partial charge in [-0.15, -0.1) is 0 Å². The molecule has 2 aromatic carbocycles. The summed E-state index contributed by atoms with van der Waals surface area (Å²) in [5.41, 5.74) is 1.53. The topological polar surface area (TPSA) is 86.8 Å². The molecule has 0 aliphatic heterocycles. The van der Waals surface area contributed by atoms with Gasteiger partial charge in [-0.2, -0.15) is 0 Å². The van der Waals surface area contributed by atoms with E-state index >= 15 is 0 Å². The van der Waals surface area contributed by atoms with Crippen molar-refractivity contribution < 1.29 is 18.0 Å². The first-order valence-electron chi connectivity index (χ1n) is 11.5. The smallest absolute Gasteiger partial charge is 0.242 e. The lowest BCUT2D eigenvalue weighted by atomic mass is 10.1. The summed E-state index contributed by atoms with van der Waals surface area (Å²) in [5, 5.41) is 3.25. The zero-order valence-electron chi connectivity index (χ0n) is 20.0. The number of benzene rings is 2. The van der Waals surface area contributed by atoms with Crippen LogP contribution in [0.3, 0.4) is 0 Å². The number of nitrogens with one attached hydrogen (secondary N) is 1. The van der Waals surface area contributed by atoms with E-state index in [1.165, 1.54) is 4.31 Å². The fraction of sp³-hybridized carbons (Fsp3) is 0.440. The molecule has 0 spiro atoms. The summed E-state index contributed by atoms with van der Waals surface area (Å²) in [6, 6.07) is 15.8. The summed E-state index contributed by atoms with van der Waals surface area (Å²) in [4.78, 5) is 27.5. The number of sulfonamides is 1. The van der Waals surface area contributed by atoms with Gasteiger partial charge in [0, 0.05) is 31.1 Å². The quantitative estimate of drug-likeness (QED) is 0.446. The van der Waals surface area contributed by atoms with Crippen LogP contribution in [0.4, 0.5) is 5.69 Å². The van der Waals surface area contributed by atoms with Crippen LogP contribution in [-0.4, -0.2) is 57.1 Å². The van der Waals surface area contributed by atoms with Gasteiger partial charge < -0.3 is 10.2 Å². The van der Waals surface area contributed by atoms with E-state index in [-0.39, 0.29) is 24.8 Å². The third kappa shape index (κ3) is 8.33. The molecule has 34 heavy (non-hydrogen) atoms. The van der Waals surface area contributed by atoms with Crippen molar-refractivity contribution in [2.75, 3.05) is 30.2 Å². The van der Waals surface area contributed by atoms with Gasteiger partial charge in [-0.1, -0.05) is 54.9 Å². The Balaban J connectivity index is 2.13. The highest BCUT2D eigenvalue weighted by Crippen LogP contribution is 2.22. The molecule has 0 saturated heterocycles. The predicted octanol–water partition coefficient (Wildman–Crippen LogP) is 3.87. The Hall–Kier alpha value is -2.58. The number of hydrogen-bond donors (Lipinski definition) is 1. The van der Waals surface area contributed by atoms with Crippen molar-refractivity contribution in [3.05, 3.63) is 65.2 Å². The van der Waals surface area contributed by atoms with Gasteiger partial charge >= 0.3 is 0 Å². The van der Waals surface area contributed by atoms with Crippen LogP contribution in [0.1, 0.15) is 38.7 Å². The molecule has 0 radical (unpaired) electrons. The van der Waals surface area contributed by atoms with E-state index in [1.807, 2.05) is 44.2 Å². The van der Waals surface area contributed by atoms with E-state index in [1.54, 1.807) is 29.2 Å². The number of hydrogen-bond acceptors (Lipinski definition) is 4. The molecular formula is C25H34ClN3O4S. The monoisotopic (exact) mass is 507 g/mol. The maximum atomic E-state index is 13.3. The third-order valence-electron chi connectivity index (χ3n) is 5.47. The van der Waals surface area contributed by atoms with Crippen molar-refractivity contribution in [1.82, 2.24) is 10.2 Å². The number of likely N-dealkylation sites (N-methyl/N-ethyl adjacent to an activating group) is 1. The van der Waals surface area contributed by atoms with E-state index in [0.29, 0.717) is 43.1 Å². The lowest BCUT2D eigenvalue weighted by molar-refractivity contribution is -0.140. The van der Waals surface area contributed by atoms with E-state index < -0.39 is 16.1 Å². The molecule has 0 heterocycles. The number of carbonyl (C=O) groups excluding carboxylic acids is 2. The lowest BCUT2D eigenvalue weighted by Crippen LogP contribution is -2.50. The predicted molar refractivity (Wildman–Crippen MR) is 137 cm³/mol. The minimum Gasteiger partial charge on any atom is -0.355 e. The highest BCUT2D eigenvalue weighted by atomic mass is 35.5. The van der Waals surface area contributed by atoms with E-state index in [2.05, 4.69) is 5.32 Å². The summed E-state index contributed by atoms with van der Waals surface area (Å²) in [7, 11) is -3.56. The number of anilines is 1. The first kappa shape index (κ1) is 27.7. The number of carbonyl (C=O) groups is 2. The largest absolute Gasteiger partial charge is 0.355 e. The second-order valence-electron chi connectivity index (χ2n) is 8.06. The zero-order valence-corrected chi connectivity index (χ0v) is 21.6. The first-order valence-corrected chi connectivity index (χ1v) is 13.7. The van der Waals surface area contributed by atoms with E-state index in [0.717, 1.165) is 11.8 Å². The second-order valence-corrected chi connectivity index (χ2v) is 10.4. The molecule has 7 nitrogen and oxygen atoms in total. The van der Waals surface area contributed by atoms with Crippen molar-refractivity contribution in [3.63, 3.8) is 0 Å². The standard InChI is InChI=1S/C25H34ClN3O4S/c1-4-23(25(31)27-5-2)28(18-16-20-11-7-6-8-12-20)24(30)15-10-17-29(34(3,32)33)22-14-9-13-21(26)19-22/h6-9,11-14,19,23H,4-5,10,15-18H2,1-3H3,(H,27,31)/t23-/m0/s1. The highest BCUT2D eigenvalue weighted by molar-refractivity contribution is 7.92. The van der Waals surface area contributed by atoms with E-state index in [9.17, 15) is 18.0 Å². The molecule has 2 rings (SSSR count). The molecule has 186 valence electrons. The number of nitrogens with zero attached hydrogens (tertiary/aromatic N) is 2. The molecule has 1 N–H and O–H groups in total. The van der Waals surface area contributed by atoms with Gasteiger partial charge in [-0.3, -0.25) is 13.9 Å². The van der Waals surface area contributed by atoms with Gasteiger partial charge in [-0.25, -0.2) is 8.42 Å². The fourth-order valence-corrected chi connectivity index (χ4v) is 4.96. The van der Waals surface area contributed by atoms with Crippen LogP contribution in [0.5, 0.6) is 0 Å². The van der Waals surface area contributed by atoms with Crippen LogP contribution in [0, 0.1) is 0 Å². The molecule has 1 atom stereocenters. The molecule has 0 unspecified atom stereocenters. The molecular weight excluding hydrogens is 474 g/mol. The average molecular weight is 508 g/mol. The molecule has 0 aliphatic carbocycles. The lowest BCUT2D eigenvalue weighted by Gasteiger charge is -2.31. The van der Waals surface area contributed by atoms with Gasteiger partial charge in [0.05, 0.1) is 11.9 Å². The van der Waals surface area contributed by atoms with Crippen molar-refractivity contribution in [2.45, 2.75) is 45.6 Å². The Morgan fingerprint density at radius 1 is 1.03 bits per heavy atom. The summed E-state index contributed by atoms with van der Waals surface area (Å²) < 4.78 is 26.0. The molecule has 9 heteroatoms. The molecule has 2 aromatic rings. The summed E-state index contributed by atoms with van der Waals surface area (Å²) in [5.74, 6) is -0.350. The number of amides is 2. The zero-order chi connectivity index (χ0) is 25.1. The first-order chi connectivity index (χ1) is 16.2. The normalized spacial score (nSPS) is 12.1. The molecule has 0 aliphatic rings. The van der Waals surface area contributed by atoms with Crippen LogP contribution in [-0.2, 0) is 26.0 Å². The Morgan fingerprint density at radius 2 is 1.74 bits per heavy atom. The van der Waals surface area contributed by atoms with Gasteiger partial charge in [0.15, 0.2) is 0 Å². The van der Waals surface area contributed by atoms with Crippen molar-refractivity contribution in [3.8, 4) is 0 Å². The van der Waals surface area contributed by atoms with E-state index in [4.69, 9.17) is 11.6 Å². The molecule has 0 bridgehead atoms. The van der Waals surface area contributed by atoms with Crippen LogP contribution in [0.15, 0.2) is 54.6 Å². The van der Waals surface area contributed by atoms with Crippen LogP contribution < -0.4 is 9.62 Å². The Kier molecular flexibility index (Phi) is 10.9. The van der Waals surface area contributed by atoms with Crippen LogP contribution in [0.2, 0.25) is 5.02 Å². The number of rotatable bonds is 13. The van der Waals surface area contributed by atoms with Gasteiger partial charge in [0.1, 0.15) is 6.04 Å².